The summed E-state index contributed by atoms with van der Waals surface area (Å²) in [5.41, 5.74) is 1.92. The van der Waals surface area contributed by atoms with Crippen molar-refractivity contribution in [3.8, 4) is 10.4 Å². The third-order valence-electron chi connectivity index (χ3n) is 3.87. The van der Waals surface area contributed by atoms with E-state index < -0.39 is 11.8 Å². The van der Waals surface area contributed by atoms with Gasteiger partial charge in [0.05, 0.1) is 10.6 Å². The van der Waals surface area contributed by atoms with E-state index in [1.54, 1.807) is 5.38 Å². The van der Waals surface area contributed by atoms with Gasteiger partial charge in [-0.15, -0.1) is 11.3 Å². The Labute approximate surface area is 153 Å². The van der Waals surface area contributed by atoms with Crippen LogP contribution in [0.3, 0.4) is 0 Å². The van der Waals surface area contributed by atoms with Crippen molar-refractivity contribution in [3.05, 3.63) is 76.9 Å². The largest absolute Gasteiger partial charge is 0.478 e. The van der Waals surface area contributed by atoms with Crippen LogP contribution < -0.4 is 5.32 Å². The molecule has 0 spiro atoms. The van der Waals surface area contributed by atoms with Gasteiger partial charge in [0.15, 0.2) is 0 Å². The molecular formula is C20H16FNO3S. The number of hydrogen-bond donors (Lipinski definition) is 2. The molecule has 0 fully saturated rings. The van der Waals surface area contributed by atoms with E-state index in [0.29, 0.717) is 16.9 Å². The van der Waals surface area contributed by atoms with Crippen LogP contribution in [0.25, 0.3) is 10.4 Å². The first-order valence-corrected chi connectivity index (χ1v) is 8.87. The lowest BCUT2D eigenvalue weighted by Gasteiger charge is -2.06. The molecule has 1 aromatic heterocycles. The third kappa shape index (κ3) is 4.15. The average molecular weight is 369 g/mol. The van der Waals surface area contributed by atoms with Crippen molar-refractivity contribution < 1.29 is 19.1 Å². The minimum absolute atomic E-state index is 0.0228. The quantitative estimate of drug-likeness (QED) is 0.654. The highest BCUT2D eigenvalue weighted by atomic mass is 32.1. The normalized spacial score (nSPS) is 10.5. The zero-order valence-corrected chi connectivity index (χ0v) is 14.6. The number of anilines is 1. The summed E-state index contributed by atoms with van der Waals surface area (Å²) in [5.74, 6) is -1.78. The standard InChI is InChI=1S/C20H16FNO3S/c21-15-9-7-14(8-10-15)19-18(20(24)25)16(12-26-19)22-17(23)11-6-13-4-2-1-3-5-13/h1-5,7-10,12H,6,11H2,(H,22,23)(H,24,25). The first-order chi connectivity index (χ1) is 12.5. The maximum Gasteiger partial charge on any atom is 0.339 e. The Morgan fingerprint density at radius 3 is 2.38 bits per heavy atom. The molecule has 6 heteroatoms. The molecule has 4 nitrogen and oxygen atoms in total. The number of carboxylic acid groups (broad SMARTS) is 1. The fraction of sp³-hybridized carbons (Fsp3) is 0.100. The monoisotopic (exact) mass is 369 g/mol. The molecule has 3 rings (SSSR count). The van der Waals surface area contributed by atoms with Crippen molar-refractivity contribution in [3.63, 3.8) is 0 Å². The van der Waals surface area contributed by atoms with Crippen LogP contribution in [-0.4, -0.2) is 17.0 Å². The minimum Gasteiger partial charge on any atom is -0.478 e. The predicted octanol–water partition coefficient (Wildman–Crippen LogP) is 4.82. The number of thiophene rings is 1. The number of benzene rings is 2. The van der Waals surface area contributed by atoms with E-state index in [-0.39, 0.29) is 23.6 Å². The topological polar surface area (TPSA) is 66.4 Å². The minimum atomic E-state index is -1.14. The fourth-order valence-electron chi connectivity index (χ4n) is 2.59. The molecule has 0 unspecified atom stereocenters. The molecule has 132 valence electrons. The summed E-state index contributed by atoms with van der Waals surface area (Å²) >= 11 is 1.20. The third-order valence-corrected chi connectivity index (χ3v) is 4.90. The Hall–Kier alpha value is -2.99. The molecule has 0 radical (unpaired) electrons. The molecule has 0 aliphatic carbocycles. The van der Waals surface area contributed by atoms with Gasteiger partial charge in [-0.05, 0) is 29.7 Å². The van der Waals surface area contributed by atoms with Gasteiger partial charge >= 0.3 is 5.97 Å². The number of carbonyl (C=O) groups excluding carboxylic acids is 1. The summed E-state index contributed by atoms with van der Waals surface area (Å²) < 4.78 is 13.1. The highest BCUT2D eigenvalue weighted by Gasteiger charge is 2.21. The molecular weight excluding hydrogens is 353 g/mol. The molecule has 0 aliphatic rings. The fourth-order valence-corrected chi connectivity index (χ4v) is 3.59. The first kappa shape index (κ1) is 17.8. The Morgan fingerprint density at radius 1 is 1.04 bits per heavy atom. The molecule has 2 N–H and O–H groups in total. The highest BCUT2D eigenvalue weighted by Crippen LogP contribution is 2.36. The second-order valence-corrected chi connectivity index (χ2v) is 6.58. The van der Waals surface area contributed by atoms with Gasteiger partial charge in [-0.25, -0.2) is 9.18 Å². The predicted molar refractivity (Wildman–Crippen MR) is 100 cm³/mol. The van der Waals surface area contributed by atoms with Crippen molar-refractivity contribution in [2.24, 2.45) is 0 Å². The van der Waals surface area contributed by atoms with E-state index >= 15 is 0 Å². The lowest BCUT2D eigenvalue weighted by molar-refractivity contribution is -0.116. The van der Waals surface area contributed by atoms with Gasteiger partial charge in [0.1, 0.15) is 11.4 Å². The second-order valence-electron chi connectivity index (χ2n) is 5.70. The summed E-state index contributed by atoms with van der Waals surface area (Å²) in [6, 6.07) is 15.2. The molecule has 1 amide bonds. The van der Waals surface area contributed by atoms with Crippen LogP contribution >= 0.6 is 11.3 Å². The van der Waals surface area contributed by atoms with E-state index in [2.05, 4.69) is 5.32 Å². The maximum absolute atomic E-state index is 13.1. The summed E-state index contributed by atoms with van der Waals surface area (Å²) in [6.45, 7) is 0. The molecule has 0 aliphatic heterocycles. The number of rotatable bonds is 6. The molecule has 2 aromatic carbocycles. The van der Waals surface area contributed by atoms with Crippen LogP contribution in [0.4, 0.5) is 10.1 Å². The summed E-state index contributed by atoms with van der Waals surface area (Å²) in [4.78, 5) is 24.4. The average Bonchev–Trinajstić information content (AvgIpc) is 3.05. The van der Waals surface area contributed by atoms with Crippen molar-refractivity contribution in [2.75, 3.05) is 5.32 Å². The zero-order chi connectivity index (χ0) is 18.5. The zero-order valence-electron chi connectivity index (χ0n) is 13.7. The van der Waals surface area contributed by atoms with Crippen LogP contribution in [0.1, 0.15) is 22.3 Å². The molecule has 26 heavy (non-hydrogen) atoms. The van der Waals surface area contributed by atoms with E-state index in [1.165, 1.54) is 35.6 Å². The van der Waals surface area contributed by atoms with Gasteiger partial charge in [0, 0.05) is 11.8 Å². The smallest absolute Gasteiger partial charge is 0.339 e. The number of carboxylic acids is 1. The van der Waals surface area contributed by atoms with Gasteiger partial charge in [-0.2, -0.15) is 0 Å². The van der Waals surface area contributed by atoms with Crippen molar-refractivity contribution >= 4 is 28.9 Å². The second kappa shape index (κ2) is 7.93. The lowest BCUT2D eigenvalue weighted by atomic mass is 10.1. The SMILES string of the molecule is O=C(CCc1ccccc1)Nc1csc(-c2ccc(F)cc2)c1C(=O)O. The Kier molecular flexibility index (Phi) is 5.43. The van der Waals surface area contributed by atoms with Crippen LogP contribution in [-0.2, 0) is 11.2 Å². The van der Waals surface area contributed by atoms with Gasteiger partial charge in [0.2, 0.25) is 5.91 Å². The van der Waals surface area contributed by atoms with E-state index in [4.69, 9.17) is 0 Å². The number of hydrogen-bond acceptors (Lipinski definition) is 3. The molecule has 0 saturated carbocycles. The molecule has 0 bridgehead atoms. The lowest BCUT2D eigenvalue weighted by Crippen LogP contribution is -2.14. The van der Waals surface area contributed by atoms with E-state index in [1.807, 2.05) is 30.3 Å². The first-order valence-electron chi connectivity index (χ1n) is 7.99. The highest BCUT2D eigenvalue weighted by molar-refractivity contribution is 7.14. The summed E-state index contributed by atoms with van der Waals surface area (Å²) in [6.07, 6.45) is 0.828. The van der Waals surface area contributed by atoms with Gasteiger partial charge in [-0.3, -0.25) is 4.79 Å². The molecule has 0 atom stereocenters. The number of nitrogens with one attached hydrogen (secondary N) is 1. The van der Waals surface area contributed by atoms with Crippen molar-refractivity contribution in [1.29, 1.82) is 0 Å². The van der Waals surface area contributed by atoms with Gasteiger partial charge < -0.3 is 10.4 Å². The maximum atomic E-state index is 13.1. The van der Waals surface area contributed by atoms with Crippen LogP contribution in [0.15, 0.2) is 60.0 Å². The number of amides is 1. The van der Waals surface area contributed by atoms with Crippen molar-refractivity contribution in [1.82, 2.24) is 0 Å². The van der Waals surface area contributed by atoms with E-state index in [0.717, 1.165) is 5.56 Å². The number of aromatic carboxylic acids is 1. The number of carbonyl (C=O) groups is 2. The van der Waals surface area contributed by atoms with Gasteiger partial charge in [0.25, 0.3) is 0 Å². The van der Waals surface area contributed by atoms with E-state index in [9.17, 15) is 19.1 Å². The molecule has 1 heterocycles. The number of halogens is 1. The number of aryl methyl sites for hydroxylation is 1. The Morgan fingerprint density at radius 2 is 1.73 bits per heavy atom. The van der Waals surface area contributed by atoms with Crippen LogP contribution in [0.5, 0.6) is 0 Å². The summed E-state index contributed by atoms with van der Waals surface area (Å²) in [5, 5.41) is 13.8. The van der Waals surface area contributed by atoms with Crippen LogP contribution in [0, 0.1) is 5.82 Å². The van der Waals surface area contributed by atoms with Gasteiger partial charge in [-0.1, -0.05) is 42.5 Å². The molecule has 3 aromatic rings. The Bertz CT molecular complexity index is 920. The van der Waals surface area contributed by atoms with Crippen molar-refractivity contribution in [2.45, 2.75) is 12.8 Å². The summed E-state index contributed by atoms with van der Waals surface area (Å²) in [7, 11) is 0. The van der Waals surface area contributed by atoms with Crippen LogP contribution in [0.2, 0.25) is 0 Å². The Balaban J connectivity index is 1.76. The molecule has 0 saturated heterocycles.